The highest BCUT2D eigenvalue weighted by Crippen LogP contribution is 2.41. The van der Waals surface area contributed by atoms with E-state index in [2.05, 4.69) is 6.92 Å². The monoisotopic (exact) mass is 278 g/mol. The lowest BCUT2D eigenvalue weighted by atomic mass is 9.92. The summed E-state index contributed by atoms with van der Waals surface area (Å²) in [5.74, 6) is 0.972. The molecule has 0 N–H and O–H groups in total. The van der Waals surface area contributed by atoms with E-state index in [4.69, 9.17) is 14.2 Å². The largest absolute Gasteiger partial charge is 0.466 e. The zero-order valence-electron chi connectivity index (χ0n) is 12.2. The average molecular weight is 278 g/mol. The van der Waals surface area contributed by atoms with Crippen molar-refractivity contribution in [1.82, 2.24) is 0 Å². The van der Waals surface area contributed by atoms with E-state index < -0.39 is 0 Å². The lowest BCUT2D eigenvalue weighted by Crippen LogP contribution is -2.16. The highest BCUT2D eigenvalue weighted by Gasteiger charge is 2.28. The van der Waals surface area contributed by atoms with Crippen LogP contribution < -0.4 is 9.47 Å². The second-order valence-corrected chi connectivity index (χ2v) is 4.88. The van der Waals surface area contributed by atoms with E-state index in [1.165, 1.54) is 0 Å². The number of carbonyl (C=O) groups is 1. The summed E-state index contributed by atoms with van der Waals surface area (Å²) in [6, 6.07) is 5.69. The molecule has 1 heterocycles. The highest BCUT2D eigenvalue weighted by molar-refractivity contribution is 5.79. The summed E-state index contributed by atoms with van der Waals surface area (Å²) in [7, 11) is 0. The molecule has 20 heavy (non-hydrogen) atoms. The molecule has 0 amide bonds. The third-order valence-electron chi connectivity index (χ3n) is 3.47. The number of hydrogen-bond acceptors (Lipinski definition) is 4. The van der Waals surface area contributed by atoms with E-state index in [0.29, 0.717) is 18.1 Å². The Kier molecular flexibility index (Phi) is 5.27. The molecule has 4 nitrogen and oxygen atoms in total. The molecule has 0 bridgehead atoms. The van der Waals surface area contributed by atoms with Crippen molar-refractivity contribution in [3.05, 3.63) is 23.8 Å². The van der Waals surface area contributed by atoms with Crippen molar-refractivity contribution in [1.29, 1.82) is 0 Å². The predicted molar refractivity (Wildman–Crippen MR) is 76.1 cm³/mol. The smallest absolute Gasteiger partial charge is 0.313 e. The first-order chi connectivity index (χ1) is 9.77. The van der Waals surface area contributed by atoms with Crippen LogP contribution in [0, 0.1) is 0 Å². The molecule has 0 saturated heterocycles. The van der Waals surface area contributed by atoms with Gasteiger partial charge in [0.2, 0.25) is 6.79 Å². The fourth-order valence-electron chi connectivity index (χ4n) is 2.47. The Morgan fingerprint density at radius 2 is 2.15 bits per heavy atom. The average Bonchev–Trinajstić information content (AvgIpc) is 2.92. The molecular weight excluding hydrogens is 256 g/mol. The van der Waals surface area contributed by atoms with E-state index in [-0.39, 0.29) is 18.7 Å². The van der Waals surface area contributed by atoms with Crippen molar-refractivity contribution in [2.75, 3.05) is 13.4 Å². The Hall–Kier alpha value is -1.71. The fourth-order valence-corrected chi connectivity index (χ4v) is 2.47. The highest BCUT2D eigenvalue weighted by atomic mass is 16.7. The van der Waals surface area contributed by atoms with Gasteiger partial charge in [0.15, 0.2) is 11.5 Å². The summed E-state index contributed by atoms with van der Waals surface area (Å²) in [6.07, 6.45) is 4.03. The minimum Gasteiger partial charge on any atom is -0.466 e. The molecule has 1 atom stereocenters. The lowest BCUT2D eigenvalue weighted by molar-refractivity contribution is -0.145. The van der Waals surface area contributed by atoms with Crippen LogP contribution in [0.1, 0.15) is 51.0 Å². The Labute approximate surface area is 120 Å². The Balaban J connectivity index is 2.21. The SMILES string of the molecule is CCCCCC(C(=O)OCC)c1cccc2c1OCO2. The van der Waals surface area contributed by atoms with E-state index in [1.807, 2.05) is 25.1 Å². The Bertz CT molecular complexity index is 456. The standard InChI is InChI=1S/C16H22O4/c1-3-5-6-8-13(16(17)18-4-2)12-9-7-10-14-15(12)20-11-19-14/h7,9-10,13H,3-6,8,11H2,1-2H3. The number of esters is 1. The lowest BCUT2D eigenvalue weighted by Gasteiger charge is -2.17. The molecule has 0 fully saturated rings. The molecule has 0 aliphatic carbocycles. The van der Waals surface area contributed by atoms with Gasteiger partial charge in [-0.2, -0.15) is 0 Å². The van der Waals surface area contributed by atoms with E-state index in [0.717, 1.165) is 31.2 Å². The number of ether oxygens (including phenoxy) is 3. The first-order valence-electron chi connectivity index (χ1n) is 7.33. The van der Waals surface area contributed by atoms with Crippen LogP contribution in [0.3, 0.4) is 0 Å². The van der Waals surface area contributed by atoms with Gasteiger partial charge in [-0.1, -0.05) is 38.3 Å². The third-order valence-corrected chi connectivity index (χ3v) is 3.47. The quantitative estimate of drug-likeness (QED) is 0.564. The van der Waals surface area contributed by atoms with Gasteiger partial charge in [0.05, 0.1) is 12.5 Å². The molecular formula is C16H22O4. The maximum Gasteiger partial charge on any atom is 0.313 e. The molecule has 0 saturated carbocycles. The van der Waals surface area contributed by atoms with Gasteiger partial charge in [0.25, 0.3) is 0 Å². The van der Waals surface area contributed by atoms with E-state index >= 15 is 0 Å². The molecule has 1 aromatic carbocycles. The summed E-state index contributed by atoms with van der Waals surface area (Å²) < 4.78 is 16.1. The molecule has 0 spiro atoms. The van der Waals surface area contributed by atoms with E-state index in [1.54, 1.807) is 0 Å². The first kappa shape index (κ1) is 14.7. The molecule has 2 rings (SSSR count). The molecule has 1 aliphatic heterocycles. The number of rotatable bonds is 7. The van der Waals surface area contributed by atoms with Crippen molar-refractivity contribution >= 4 is 5.97 Å². The number of fused-ring (bicyclic) bond motifs is 1. The summed E-state index contributed by atoms with van der Waals surface area (Å²) in [5.41, 5.74) is 0.884. The second-order valence-electron chi connectivity index (χ2n) is 4.88. The number of para-hydroxylation sites is 1. The van der Waals surface area contributed by atoms with Crippen LogP contribution in [0.25, 0.3) is 0 Å². The zero-order valence-corrected chi connectivity index (χ0v) is 12.2. The van der Waals surface area contributed by atoms with Crippen LogP contribution >= 0.6 is 0 Å². The van der Waals surface area contributed by atoms with Crippen molar-refractivity contribution in [3.8, 4) is 11.5 Å². The summed E-state index contributed by atoms with van der Waals surface area (Å²) in [4.78, 5) is 12.2. The maximum atomic E-state index is 12.2. The second kappa shape index (κ2) is 7.17. The number of carbonyl (C=O) groups excluding carboxylic acids is 1. The van der Waals surface area contributed by atoms with Crippen molar-refractivity contribution in [2.24, 2.45) is 0 Å². The van der Waals surface area contributed by atoms with Crippen LogP contribution in [-0.4, -0.2) is 19.4 Å². The minimum absolute atomic E-state index is 0.174. The number of unbranched alkanes of at least 4 members (excludes halogenated alkanes) is 2. The molecule has 0 radical (unpaired) electrons. The Morgan fingerprint density at radius 1 is 1.30 bits per heavy atom. The minimum atomic E-state index is -0.266. The summed E-state index contributed by atoms with van der Waals surface area (Å²) >= 11 is 0. The van der Waals surface area contributed by atoms with Crippen molar-refractivity contribution in [2.45, 2.75) is 45.4 Å². The molecule has 1 aliphatic rings. The van der Waals surface area contributed by atoms with Gasteiger partial charge in [-0.3, -0.25) is 4.79 Å². The van der Waals surface area contributed by atoms with Gasteiger partial charge in [-0.15, -0.1) is 0 Å². The van der Waals surface area contributed by atoms with Crippen molar-refractivity contribution in [3.63, 3.8) is 0 Å². The number of hydrogen-bond donors (Lipinski definition) is 0. The van der Waals surface area contributed by atoms with Crippen LogP contribution in [0.15, 0.2) is 18.2 Å². The normalized spacial score (nSPS) is 14.1. The van der Waals surface area contributed by atoms with Gasteiger partial charge < -0.3 is 14.2 Å². The zero-order chi connectivity index (χ0) is 14.4. The summed E-state index contributed by atoms with van der Waals surface area (Å²) in [6.45, 7) is 4.60. The topological polar surface area (TPSA) is 44.8 Å². The van der Waals surface area contributed by atoms with Crippen LogP contribution in [0.4, 0.5) is 0 Å². The molecule has 1 aromatic rings. The molecule has 0 aromatic heterocycles. The Morgan fingerprint density at radius 3 is 2.90 bits per heavy atom. The fraction of sp³-hybridized carbons (Fsp3) is 0.562. The van der Waals surface area contributed by atoms with Crippen LogP contribution in [-0.2, 0) is 9.53 Å². The molecule has 4 heteroatoms. The molecule has 1 unspecified atom stereocenters. The van der Waals surface area contributed by atoms with Crippen molar-refractivity contribution < 1.29 is 19.0 Å². The summed E-state index contributed by atoms with van der Waals surface area (Å²) in [5, 5.41) is 0. The van der Waals surface area contributed by atoms with Gasteiger partial charge in [0.1, 0.15) is 0 Å². The van der Waals surface area contributed by atoms with Gasteiger partial charge in [-0.05, 0) is 19.4 Å². The number of benzene rings is 1. The third kappa shape index (κ3) is 3.24. The van der Waals surface area contributed by atoms with Gasteiger partial charge in [0, 0.05) is 5.56 Å². The molecule has 110 valence electrons. The van der Waals surface area contributed by atoms with Crippen LogP contribution in [0.5, 0.6) is 11.5 Å². The van der Waals surface area contributed by atoms with Gasteiger partial charge in [-0.25, -0.2) is 0 Å². The van der Waals surface area contributed by atoms with Gasteiger partial charge >= 0.3 is 5.97 Å². The van der Waals surface area contributed by atoms with Crippen LogP contribution in [0.2, 0.25) is 0 Å². The first-order valence-corrected chi connectivity index (χ1v) is 7.33. The maximum absolute atomic E-state index is 12.2. The predicted octanol–water partition coefficient (Wildman–Crippen LogP) is 3.64. The van der Waals surface area contributed by atoms with E-state index in [9.17, 15) is 4.79 Å².